The van der Waals surface area contributed by atoms with Gasteiger partial charge in [-0.05, 0) is 62.9 Å². The molecule has 1 atom stereocenters. The average molecular weight is 954 g/mol. The lowest BCUT2D eigenvalue weighted by molar-refractivity contribution is -0.137. The molecule has 2 N–H and O–H groups in total. The predicted octanol–water partition coefficient (Wildman–Crippen LogP) is 3.46. The minimum Gasteiger partial charge on any atom is -0.378 e. The quantitative estimate of drug-likeness (QED) is 0.0527. The average Bonchev–Trinajstić information content (AvgIpc) is 3.95. The summed E-state index contributed by atoms with van der Waals surface area (Å²) >= 11 is 1.38. The molecule has 3 fully saturated rings. The zero-order valence-electron chi connectivity index (χ0n) is 38.2. The van der Waals surface area contributed by atoms with Gasteiger partial charge in [-0.3, -0.25) is 48.3 Å². The number of aryl methyl sites for hydroxylation is 1. The van der Waals surface area contributed by atoms with Crippen LogP contribution in [-0.4, -0.2) is 155 Å². The Morgan fingerprint density at radius 1 is 0.824 bits per heavy atom. The van der Waals surface area contributed by atoms with E-state index in [1.807, 2.05) is 12.1 Å². The number of piperidine rings is 1. The van der Waals surface area contributed by atoms with Crippen LogP contribution in [0.1, 0.15) is 88.1 Å². The van der Waals surface area contributed by atoms with E-state index in [0.29, 0.717) is 105 Å². The third kappa shape index (κ3) is 10.9. The van der Waals surface area contributed by atoms with Crippen molar-refractivity contribution < 1.29 is 47.7 Å². The molecule has 21 heteroatoms. The molecule has 0 spiro atoms. The van der Waals surface area contributed by atoms with Gasteiger partial charge < -0.3 is 34.1 Å². The Hall–Kier alpha value is -6.13. The molecule has 4 aliphatic rings. The molecule has 1 aromatic carbocycles. The molecule has 4 aromatic rings. The van der Waals surface area contributed by atoms with Crippen LogP contribution in [0.3, 0.4) is 0 Å². The van der Waals surface area contributed by atoms with E-state index in [4.69, 9.17) is 23.9 Å². The number of Topliss-reactive ketones (excluding diaryl/α,β-unsaturated/α-hetero) is 1. The summed E-state index contributed by atoms with van der Waals surface area (Å²) in [5, 5.41) is 6.05. The summed E-state index contributed by atoms with van der Waals surface area (Å²) in [5.74, 6) is -1.12. The summed E-state index contributed by atoms with van der Waals surface area (Å²) < 4.78 is 24.1. The number of anilines is 3. The molecular formula is C47H55N9O11S. The SMILES string of the molecule is CC(=O)c1c(C)c2cnc(Nc3ccc(N4CCN(C(=O)COCCOCCOCCOCCSc5cccc6c5C(=O)N(C5CCC(=O)NC5=O)C6=O)CC4)cn3)nc2n(C2CCCC2)c1=O. The van der Waals surface area contributed by atoms with Gasteiger partial charge in [-0.2, -0.15) is 4.98 Å². The number of hydrogen-bond acceptors (Lipinski definition) is 17. The predicted molar refractivity (Wildman–Crippen MR) is 249 cm³/mol. The van der Waals surface area contributed by atoms with E-state index < -0.39 is 29.7 Å². The van der Waals surface area contributed by atoms with E-state index in [1.165, 1.54) is 18.7 Å². The number of pyridine rings is 2. The van der Waals surface area contributed by atoms with Crippen LogP contribution in [0.15, 0.2) is 52.4 Å². The van der Waals surface area contributed by atoms with E-state index in [0.717, 1.165) is 36.3 Å². The fourth-order valence-electron chi connectivity index (χ4n) is 9.01. The number of nitrogens with zero attached hydrogens (tertiary/aromatic N) is 7. The number of carbonyl (C=O) groups is 6. The fourth-order valence-corrected chi connectivity index (χ4v) is 9.95. The number of rotatable bonds is 21. The second kappa shape index (κ2) is 22.3. The Kier molecular flexibility index (Phi) is 15.9. The highest BCUT2D eigenvalue weighted by Gasteiger charge is 2.45. The summed E-state index contributed by atoms with van der Waals surface area (Å²) in [6.45, 7) is 7.91. The third-order valence-electron chi connectivity index (χ3n) is 12.5. The largest absolute Gasteiger partial charge is 0.378 e. The van der Waals surface area contributed by atoms with Crippen molar-refractivity contribution in [2.45, 2.75) is 69.4 Å². The van der Waals surface area contributed by atoms with Crippen molar-refractivity contribution in [1.29, 1.82) is 0 Å². The van der Waals surface area contributed by atoms with Crippen LogP contribution >= 0.6 is 11.8 Å². The summed E-state index contributed by atoms with van der Waals surface area (Å²) in [4.78, 5) is 108. The van der Waals surface area contributed by atoms with Gasteiger partial charge in [-0.1, -0.05) is 18.9 Å². The first kappa shape index (κ1) is 48.3. The first-order valence-electron chi connectivity index (χ1n) is 23.0. The van der Waals surface area contributed by atoms with Crippen LogP contribution in [0, 0.1) is 6.92 Å². The van der Waals surface area contributed by atoms with Crippen LogP contribution in [0.25, 0.3) is 11.0 Å². The van der Waals surface area contributed by atoms with Crippen LogP contribution < -0.4 is 21.1 Å². The number of amides is 5. The van der Waals surface area contributed by atoms with Crippen molar-refractivity contribution in [2.24, 2.45) is 0 Å². The van der Waals surface area contributed by atoms with Gasteiger partial charge in [0.15, 0.2) is 5.78 Å². The highest BCUT2D eigenvalue weighted by molar-refractivity contribution is 7.99. The van der Waals surface area contributed by atoms with Gasteiger partial charge in [0.1, 0.15) is 24.1 Å². The Labute approximate surface area is 396 Å². The smallest absolute Gasteiger partial charge is 0.263 e. The number of imide groups is 2. The van der Waals surface area contributed by atoms with Gasteiger partial charge in [-0.15, -0.1) is 11.8 Å². The number of hydrogen-bond donors (Lipinski definition) is 2. The lowest BCUT2D eigenvalue weighted by Crippen LogP contribution is -2.54. The maximum Gasteiger partial charge on any atom is 0.263 e. The lowest BCUT2D eigenvalue weighted by atomic mass is 10.0. The maximum absolute atomic E-state index is 13.6. The van der Waals surface area contributed by atoms with Crippen LogP contribution in [-0.2, 0) is 33.3 Å². The number of nitrogens with one attached hydrogen (secondary N) is 2. The molecule has 8 rings (SSSR count). The van der Waals surface area contributed by atoms with Crippen LogP contribution in [0.2, 0.25) is 0 Å². The number of fused-ring (bicyclic) bond motifs is 2. The Balaban J connectivity index is 0.668. The molecule has 6 heterocycles. The summed E-state index contributed by atoms with van der Waals surface area (Å²) in [6, 6.07) is 7.79. The first-order chi connectivity index (χ1) is 33.0. The highest BCUT2D eigenvalue weighted by atomic mass is 32.2. The zero-order valence-corrected chi connectivity index (χ0v) is 39.0. The molecule has 68 heavy (non-hydrogen) atoms. The van der Waals surface area contributed by atoms with Gasteiger partial charge in [0, 0.05) is 60.9 Å². The van der Waals surface area contributed by atoms with Gasteiger partial charge in [0.25, 0.3) is 17.4 Å². The standard InChI is InChI=1S/C47H55N9O11S/c1-29-34-27-49-47(52-42(34)55(31-6-3-4-7-31)45(62)40(29)30(2)57)50-37-12-10-32(26-48-37)53-14-16-54(17-15-53)39(59)28-67-23-22-65-19-18-64-20-21-66-24-25-68-36-9-5-8-33-41(36)46(63)56(44(33)61)35-11-13-38(58)51-43(35)60/h5,8-10,12,26-27,31,35H,3-4,6-7,11,13-25,28H2,1-2H3,(H,51,58,60)(H,48,49,50,52). The molecular weight excluding hydrogens is 899 g/mol. The van der Waals surface area contributed by atoms with E-state index in [2.05, 4.69) is 25.5 Å². The maximum atomic E-state index is 13.6. The lowest BCUT2D eigenvalue weighted by Gasteiger charge is -2.36. The Morgan fingerprint density at radius 2 is 1.53 bits per heavy atom. The topological polar surface area (TPSA) is 234 Å². The molecule has 1 saturated carbocycles. The Bertz CT molecular complexity index is 2610. The van der Waals surface area contributed by atoms with Crippen molar-refractivity contribution >= 4 is 75.6 Å². The van der Waals surface area contributed by atoms with E-state index in [-0.39, 0.29) is 66.0 Å². The number of aromatic nitrogens is 4. The number of thioether (sulfide) groups is 1. The number of ether oxygens (including phenoxy) is 4. The number of carbonyl (C=O) groups excluding carboxylic acids is 6. The summed E-state index contributed by atoms with van der Waals surface area (Å²) in [7, 11) is 0. The molecule has 0 radical (unpaired) electrons. The molecule has 5 amide bonds. The molecule has 3 aliphatic heterocycles. The van der Waals surface area contributed by atoms with Crippen molar-refractivity contribution in [1.82, 2.24) is 34.6 Å². The van der Waals surface area contributed by atoms with Crippen molar-refractivity contribution in [2.75, 3.05) is 95.0 Å². The normalized spacial score (nSPS) is 17.6. The molecule has 2 saturated heterocycles. The second-order valence-electron chi connectivity index (χ2n) is 16.9. The summed E-state index contributed by atoms with van der Waals surface area (Å²) in [6.07, 6.45) is 7.35. The van der Waals surface area contributed by atoms with Gasteiger partial charge >= 0.3 is 0 Å². The Morgan fingerprint density at radius 3 is 2.21 bits per heavy atom. The highest BCUT2D eigenvalue weighted by Crippen LogP contribution is 2.35. The van der Waals surface area contributed by atoms with Gasteiger partial charge in [-0.25, -0.2) is 9.97 Å². The van der Waals surface area contributed by atoms with Gasteiger partial charge in [0.05, 0.1) is 74.8 Å². The zero-order chi connectivity index (χ0) is 47.7. The molecule has 1 aliphatic carbocycles. The second-order valence-corrected chi connectivity index (χ2v) is 18.0. The van der Waals surface area contributed by atoms with E-state index in [9.17, 15) is 33.6 Å². The number of piperazine rings is 1. The molecule has 20 nitrogen and oxygen atoms in total. The first-order valence-corrected chi connectivity index (χ1v) is 24.0. The van der Waals surface area contributed by atoms with E-state index >= 15 is 0 Å². The van der Waals surface area contributed by atoms with Gasteiger partial charge in [0.2, 0.25) is 23.7 Å². The summed E-state index contributed by atoms with van der Waals surface area (Å²) in [5.41, 5.74) is 2.42. The van der Waals surface area contributed by atoms with E-state index in [1.54, 1.807) is 47.0 Å². The monoisotopic (exact) mass is 953 g/mol. The van der Waals surface area contributed by atoms with Crippen LogP contribution in [0.4, 0.5) is 17.5 Å². The minimum absolute atomic E-state index is 0.0159. The van der Waals surface area contributed by atoms with Crippen molar-refractivity contribution in [3.63, 3.8) is 0 Å². The van der Waals surface area contributed by atoms with Crippen molar-refractivity contribution in [3.05, 3.63) is 75.3 Å². The molecule has 0 bridgehead atoms. The number of ketones is 1. The fraction of sp³-hybridized carbons (Fsp3) is 0.489. The molecule has 360 valence electrons. The molecule has 3 aromatic heterocycles. The number of benzene rings is 1. The molecule has 1 unspecified atom stereocenters. The van der Waals surface area contributed by atoms with Crippen molar-refractivity contribution in [3.8, 4) is 0 Å². The minimum atomic E-state index is -1.01. The third-order valence-corrected chi connectivity index (χ3v) is 13.5. The van der Waals surface area contributed by atoms with Crippen LogP contribution in [0.5, 0.6) is 0 Å².